The third-order valence-electron chi connectivity index (χ3n) is 2.93. The van der Waals surface area contributed by atoms with E-state index in [2.05, 4.69) is 59.9 Å². The standard InChI is InChI=1S/C13H19BrClN/c1-4-5-10(2)16(3)13-7-6-12(14)8-11(13)9-15/h6-8,10H,4-5,9H2,1-3H3. The topological polar surface area (TPSA) is 3.24 Å². The van der Waals surface area contributed by atoms with Crippen molar-refractivity contribution in [3.8, 4) is 0 Å². The first-order valence-corrected chi connectivity index (χ1v) is 7.00. The summed E-state index contributed by atoms with van der Waals surface area (Å²) in [5.41, 5.74) is 2.42. The summed E-state index contributed by atoms with van der Waals surface area (Å²) in [7, 11) is 2.14. The number of nitrogens with zero attached hydrogens (tertiary/aromatic N) is 1. The zero-order valence-corrected chi connectivity index (χ0v) is 12.5. The maximum absolute atomic E-state index is 5.98. The molecule has 0 amide bonds. The van der Waals surface area contributed by atoms with Crippen LogP contribution >= 0.6 is 27.5 Å². The molecule has 0 spiro atoms. The van der Waals surface area contributed by atoms with Gasteiger partial charge in [0, 0.05) is 29.1 Å². The quantitative estimate of drug-likeness (QED) is 0.705. The molecule has 0 aliphatic carbocycles. The van der Waals surface area contributed by atoms with Crippen molar-refractivity contribution in [1.82, 2.24) is 0 Å². The lowest BCUT2D eigenvalue weighted by molar-refractivity contribution is 0.615. The molecule has 1 aromatic carbocycles. The van der Waals surface area contributed by atoms with Crippen LogP contribution in [0.2, 0.25) is 0 Å². The van der Waals surface area contributed by atoms with Crippen LogP contribution in [0.5, 0.6) is 0 Å². The summed E-state index contributed by atoms with van der Waals surface area (Å²) in [5.74, 6) is 0.554. The van der Waals surface area contributed by atoms with E-state index in [0.29, 0.717) is 11.9 Å². The Morgan fingerprint density at radius 1 is 1.44 bits per heavy atom. The molecule has 1 rings (SSSR count). The third-order valence-corrected chi connectivity index (χ3v) is 3.71. The number of hydrogen-bond donors (Lipinski definition) is 0. The summed E-state index contributed by atoms with van der Waals surface area (Å²) in [5, 5.41) is 0. The Morgan fingerprint density at radius 2 is 2.12 bits per heavy atom. The van der Waals surface area contributed by atoms with Crippen molar-refractivity contribution in [3.05, 3.63) is 28.2 Å². The summed E-state index contributed by atoms with van der Waals surface area (Å²) in [6.45, 7) is 4.47. The van der Waals surface area contributed by atoms with E-state index in [0.717, 1.165) is 4.47 Å². The van der Waals surface area contributed by atoms with Crippen LogP contribution in [0.15, 0.2) is 22.7 Å². The van der Waals surface area contributed by atoms with Crippen LogP contribution in [0.25, 0.3) is 0 Å². The molecule has 1 aromatic rings. The molecule has 0 aliphatic heterocycles. The Bertz CT molecular complexity index is 341. The summed E-state index contributed by atoms with van der Waals surface area (Å²) in [4.78, 5) is 2.31. The normalized spacial score (nSPS) is 12.6. The Balaban J connectivity index is 2.93. The Kier molecular flexibility index (Phi) is 5.63. The molecule has 0 saturated carbocycles. The lowest BCUT2D eigenvalue weighted by atomic mass is 10.1. The van der Waals surface area contributed by atoms with Crippen molar-refractivity contribution in [2.45, 2.75) is 38.6 Å². The molecule has 0 bridgehead atoms. The predicted octanol–water partition coefficient (Wildman–Crippen LogP) is 4.81. The van der Waals surface area contributed by atoms with Crippen molar-refractivity contribution in [1.29, 1.82) is 0 Å². The van der Waals surface area contributed by atoms with Gasteiger partial charge in [-0.25, -0.2) is 0 Å². The average molecular weight is 305 g/mol. The number of anilines is 1. The molecular formula is C13H19BrClN. The molecule has 0 N–H and O–H groups in total. The van der Waals surface area contributed by atoms with E-state index in [1.807, 2.05) is 0 Å². The van der Waals surface area contributed by atoms with Crippen molar-refractivity contribution in [2.24, 2.45) is 0 Å². The Hall–Kier alpha value is -0.210. The Morgan fingerprint density at radius 3 is 2.69 bits per heavy atom. The van der Waals surface area contributed by atoms with E-state index in [1.165, 1.54) is 24.1 Å². The number of halogens is 2. The van der Waals surface area contributed by atoms with E-state index in [9.17, 15) is 0 Å². The van der Waals surface area contributed by atoms with Gasteiger partial charge in [-0.2, -0.15) is 0 Å². The van der Waals surface area contributed by atoms with E-state index in [-0.39, 0.29) is 0 Å². The zero-order chi connectivity index (χ0) is 12.1. The Labute approximate surface area is 112 Å². The van der Waals surface area contributed by atoms with Gasteiger partial charge < -0.3 is 4.90 Å². The van der Waals surface area contributed by atoms with Crippen LogP contribution in [0.4, 0.5) is 5.69 Å². The largest absolute Gasteiger partial charge is 0.372 e. The SMILES string of the molecule is CCCC(C)N(C)c1ccc(Br)cc1CCl. The van der Waals surface area contributed by atoms with Crippen molar-refractivity contribution < 1.29 is 0 Å². The minimum atomic E-state index is 0.549. The number of hydrogen-bond acceptors (Lipinski definition) is 1. The summed E-state index contributed by atoms with van der Waals surface area (Å²) < 4.78 is 1.09. The molecule has 0 aliphatic rings. The lowest BCUT2D eigenvalue weighted by Gasteiger charge is -2.28. The van der Waals surface area contributed by atoms with Crippen LogP contribution < -0.4 is 4.90 Å². The fourth-order valence-corrected chi connectivity index (χ4v) is 2.48. The maximum Gasteiger partial charge on any atom is 0.0494 e. The van der Waals surface area contributed by atoms with E-state index in [4.69, 9.17) is 11.6 Å². The fraction of sp³-hybridized carbons (Fsp3) is 0.538. The van der Waals surface area contributed by atoms with Crippen molar-refractivity contribution in [3.63, 3.8) is 0 Å². The highest BCUT2D eigenvalue weighted by Gasteiger charge is 2.12. The molecule has 1 unspecified atom stereocenters. The molecular weight excluding hydrogens is 286 g/mol. The molecule has 0 heterocycles. The molecule has 3 heteroatoms. The second kappa shape index (κ2) is 6.51. The van der Waals surface area contributed by atoms with Gasteiger partial charge >= 0.3 is 0 Å². The number of alkyl halides is 1. The molecule has 90 valence electrons. The first-order chi connectivity index (χ1) is 7.60. The third kappa shape index (κ3) is 3.39. The van der Waals surface area contributed by atoms with E-state index < -0.39 is 0 Å². The van der Waals surface area contributed by atoms with Crippen LogP contribution in [0.1, 0.15) is 32.3 Å². The molecule has 0 saturated heterocycles. The second-order valence-corrected chi connectivity index (χ2v) is 5.34. The van der Waals surface area contributed by atoms with Crippen LogP contribution in [-0.4, -0.2) is 13.1 Å². The van der Waals surface area contributed by atoms with Gasteiger partial charge in [0.25, 0.3) is 0 Å². The maximum atomic E-state index is 5.98. The summed E-state index contributed by atoms with van der Waals surface area (Å²) in [6.07, 6.45) is 2.41. The van der Waals surface area contributed by atoms with Crippen LogP contribution in [0.3, 0.4) is 0 Å². The molecule has 0 aromatic heterocycles. The molecule has 0 radical (unpaired) electrons. The van der Waals surface area contributed by atoms with Gasteiger partial charge in [0.2, 0.25) is 0 Å². The van der Waals surface area contributed by atoms with Crippen LogP contribution in [0, 0.1) is 0 Å². The van der Waals surface area contributed by atoms with Crippen molar-refractivity contribution in [2.75, 3.05) is 11.9 Å². The molecule has 0 fully saturated rings. The zero-order valence-electron chi connectivity index (χ0n) is 10.1. The van der Waals surface area contributed by atoms with Gasteiger partial charge in [-0.15, -0.1) is 11.6 Å². The number of benzene rings is 1. The van der Waals surface area contributed by atoms with Gasteiger partial charge in [-0.05, 0) is 37.1 Å². The minimum absolute atomic E-state index is 0.549. The fourth-order valence-electron chi connectivity index (χ4n) is 1.85. The molecule has 16 heavy (non-hydrogen) atoms. The van der Waals surface area contributed by atoms with Gasteiger partial charge in [0.05, 0.1) is 0 Å². The molecule has 1 nitrogen and oxygen atoms in total. The second-order valence-electron chi connectivity index (χ2n) is 4.16. The number of rotatable bonds is 5. The minimum Gasteiger partial charge on any atom is -0.372 e. The van der Waals surface area contributed by atoms with Gasteiger partial charge in [-0.1, -0.05) is 29.3 Å². The first kappa shape index (κ1) is 13.9. The summed E-state index contributed by atoms with van der Waals surface area (Å²) >= 11 is 9.46. The van der Waals surface area contributed by atoms with Crippen LogP contribution in [-0.2, 0) is 5.88 Å². The lowest BCUT2D eigenvalue weighted by Crippen LogP contribution is -2.29. The van der Waals surface area contributed by atoms with E-state index >= 15 is 0 Å². The highest BCUT2D eigenvalue weighted by atomic mass is 79.9. The van der Waals surface area contributed by atoms with E-state index in [1.54, 1.807) is 0 Å². The monoisotopic (exact) mass is 303 g/mol. The highest BCUT2D eigenvalue weighted by Crippen LogP contribution is 2.27. The average Bonchev–Trinajstić information content (AvgIpc) is 2.28. The predicted molar refractivity (Wildman–Crippen MR) is 76.5 cm³/mol. The highest BCUT2D eigenvalue weighted by molar-refractivity contribution is 9.10. The van der Waals surface area contributed by atoms with Gasteiger partial charge in [-0.3, -0.25) is 0 Å². The molecule has 1 atom stereocenters. The smallest absolute Gasteiger partial charge is 0.0494 e. The van der Waals surface area contributed by atoms with Gasteiger partial charge in [0.15, 0.2) is 0 Å². The summed E-state index contributed by atoms with van der Waals surface area (Å²) in [6, 6.07) is 6.85. The van der Waals surface area contributed by atoms with Crippen molar-refractivity contribution >= 4 is 33.2 Å². The van der Waals surface area contributed by atoms with Gasteiger partial charge in [0.1, 0.15) is 0 Å². The first-order valence-electron chi connectivity index (χ1n) is 5.67.